The lowest BCUT2D eigenvalue weighted by atomic mass is 10.2. The van der Waals surface area contributed by atoms with Gasteiger partial charge in [0.15, 0.2) is 0 Å². The summed E-state index contributed by atoms with van der Waals surface area (Å²) < 4.78 is 5.09. The molecule has 6 heteroatoms. The molecule has 5 nitrogen and oxygen atoms in total. The van der Waals surface area contributed by atoms with Gasteiger partial charge in [0, 0.05) is 10.7 Å². The van der Waals surface area contributed by atoms with Crippen molar-refractivity contribution < 1.29 is 9.53 Å². The molecule has 2 aromatic rings. The van der Waals surface area contributed by atoms with Crippen molar-refractivity contribution in [2.75, 3.05) is 12.4 Å². The number of rotatable bonds is 6. The highest BCUT2D eigenvalue weighted by Gasteiger charge is 2.11. The minimum atomic E-state index is -0.425. The van der Waals surface area contributed by atoms with Crippen LogP contribution in [0.25, 0.3) is 0 Å². The first-order valence-corrected chi connectivity index (χ1v) is 7.45. The van der Waals surface area contributed by atoms with E-state index in [0.717, 1.165) is 17.0 Å². The Morgan fingerprint density at radius 1 is 1.17 bits per heavy atom. The van der Waals surface area contributed by atoms with Crippen LogP contribution in [0.15, 0.2) is 53.6 Å². The van der Waals surface area contributed by atoms with Gasteiger partial charge in [0.05, 0.1) is 13.3 Å². The molecule has 1 unspecified atom stereocenters. The third-order valence-corrected chi connectivity index (χ3v) is 3.38. The molecule has 0 saturated carbocycles. The monoisotopic (exact) mass is 331 g/mol. The third kappa shape index (κ3) is 5.30. The minimum Gasteiger partial charge on any atom is -0.497 e. The number of carbonyl (C=O) groups excluding carboxylic acids is 1. The fourth-order valence-corrected chi connectivity index (χ4v) is 1.94. The normalized spacial score (nSPS) is 12.0. The van der Waals surface area contributed by atoms with E-state index < -0.39 is 6.04 Å². The van der Waals surface area contributed by atoms with E-state index >= 15 is 0 Å². The van der Waals surface area contributed by atoms with Gasteiger partial charge in [-0.05, 0) is 48.9 Å². The van der Waals surface area contributed by atoms with Crippen LogP contribution in [0.1, 0.15) is 12.5 Å². The number of ether oxygens (including phenoxy) is 1. The zero-order valence-electron chi connectivity index (χ0n) is 12.9. The summed E-state index contributed by atoms with van der Waals surface area (Å²) in [5, 5.41) is 7.68. The Kier molecular flexibility index (Phi) is 6.00. The molecule has 0 aliphatic rings. The predicted octanol–water partition coefficient (Wildman–Crippen LogP) is 3.30. The Bertz CT molecular complexity index is 669. The van der Waals surface area contributed by atoms with Crippen LogP contribution in [0.5, 0.6) is 5.75 Å². The van der Waals surface area contributed by atoms with E-state index in [1.807, 2.05) is 36.4 Å². The van der Waals surface area contributed by atoms with Gasteiger partial charge in [0.25, 0.3) is 5.91 Å². The zero-order chi connectivity index (χ0) is 16.7. The fourth-order valence-electron chi connectivity index (χ4n) is 1.82. The van der Waals surface area contributed by atoms with Crippen LogP contribution in [0.3, 0.4) is 0 Å². The van der Waals surface area contributed by atoms with Crippen LogP contribution < -0.4 is 15.5 Å². The maximum absolute atomic E-state index is 12.0. The van der Waals surface area contributed by atoms with Gasteiger partial charge in [-0.2, -0.15) is 5.10 Å². The van der Waals surface area contributed by atoms with Crippen LogP contribution >= 0.6 is 11.6 Å². The number of amides is 1. The highest BCUT2D eigenvalue weighted by molar-refractivity contribution is 6.30. The van der Waals surface area contributed by atoms with Crippen molar-refractivity contribution in [2.45, 2.75) is 13.0 Å². The Morgan fingerprint density at radius 2 is 1.83 bits per heavy atom. The Morgan fingerprint density at radius 3 is 2.43 bits per heavy atom. The molecule has 0 bridgehead atoms. The van der Waals surface area contributed by atoms with Gasteiger partial charge in [-0.1, -0.05) is 23.7 Å². The summed E-state index contributed by atoms with van der Waals surface area (Å²) in [5.41, 5.74) is 4.18. The number of carbonyl (C=O) groups is 1. The van der Waals surface area contributed by atoms with Crippen molar-refractivity contribution in [1.82, 2.24) is 5.43 Å². The molecule has 1 amide bonds. The van der Waals surface area contributed by atoms with E-state index in [1.165, 1.54) is 0 Å². The van der Waals surface area contributed by atoms with E-state index in [2.05, 4.69) is 15.8 Å². The number of hydrogen-bond donors (Lipinski definition) is 2. The SMILES string of the molecule is COc1ccc(NC(C)C(=O)N/N=C/c2ccc(Cl)cc2)cc1. The van der Waals surface area contributed by atoms with Gasteiger partial charge >= 0.3 is 0 Å². The van der Waals surface area contributed by atoms with E-state index in [0.29, 0.717) is 5.02 Å². The molecular weight excluding hydrogens is 314 g/mol. The van der Waals surface area contributed by atoms with E-state index in [4.69, 9.17) is 16.3 Å². The number of benzene rings is 2. The molecule has 120 valence electrons. The zero-order valence-corrected chi connectivity index (χ0v) is 13.7. The summed E-state index contributed by atoms with van der Waals surface area (Å²) in [6, 6.07) is 14.1. The number of anilines is 1. The van der Waals surface area contributed by atoms with Gasteiger partial charge in [-0.3, -0.25) is 4.79 Å². The molecule has 0 aromatic heterocycles. The van der Waals surface area contributed by atoms with Crippen LogP contribution in [0, 0.1) is 0 Å². The van der Waals surface area contributed by atoms with Gasteiger partial charge in [-0.25, -0.2) is 5.43 Å². The number of nitrogens with zero attached hydrogens (tertiary/aromatic N) is 1. The standard InChI is InChI=1S/C17H18ClN3O2/c1-12(20-15-7-9-16(23-2)10-8-15)17(22)21-19-11-13-3-5-14(18)6-4-13/h3-12,20H,1-2H3,(H,21,22)/b19-11+. The Hall–Kier alpha value is -2.53. The molecule has 2 rings (SSSR count). The second kappa shape index (κ2) is 8.19. The quantitative estimate of drug-likeness (QED) is 0.630. The van der Waals surface area contributed by atoms with Crippen molar-refractivity contribution in [1.29, 1.82) is 0 Å². The predicted molar refractivity (Wildman–Crippen MR) is 93.3 cm³/mol. The average molecular weight is 332 g/mol. The fraction of sp³-hybridized carbons (Fsp3) is 0.176. The van der Waals surface area contributed by atoms with Crippen LogP contribution in [0.4, 0.5) is 5.69 Å². The average Bonchev–Trinajstić information content (AvgIpc) is 2.57. The van der Waals surface area contributed by atoms with Crippen molar-refractivity contribution in [2.24, 2.45) is 5.10 Å². The molecule has 2 N–H and O–H groups in total. The highest BCUT2D eigenvalue weighted by Crippen LogP contribution is 2.15. The summed E-state index contributed by atoms with van der Waals surface area (Å²) >= 11 is 5.80. The smallest absolute Gasteiger partial charge is 0.262 e. The summed E-state index contributed by atoms with van der Waals surface area (Å²) in [7, 11) is 1.61. The molecule has 0 radical (unpaired) electrons. The maximum Gasteiger partial charge on any atom is 0.262 e. The first-order chi connectivity index (χ1) is 11.1. The van der Waals surface area contributed by atoms with Crippen LogP contribution in [-0.4, -0.2) is 25.3 Å². The van der Waals surface area contributed by atoms with Crippen LogP contribution in [0.2, 0.25) is 5.02 Å². The van der Waals surface area contributed by atoms with Gasteiger partial charge in [0.1, 0.15) is 11.8 Å². The minimum absolute atomic E-state index is 0.231. The molecule has 2 aromatic carbocycles. The van der Waals surface area contributed by atoms with Gasteiger partial charge < -0.3 is 10.1 Å². The molecule has 0 saturated heterocycles. The summed E-state index contributed by atoms with van der Waals surface area (Å²) in [6.45, 7) is 1.76. The molecule has 0 fully saturated rings. The first kappa shape index (κ1) is 16.8. The molecule has 0 spiro atoms. The maximum atomic E-state index is 12.0. The van der Waals surface area contributed by atoms with E-state index in [9.17, 15) is 4.79 Å². The van der Waals surface area contributed by atoms with E-state index in [-0.39, 0.29) is 5.91 Å². The van der Waals surface area contributed by atoms with Crippen molar-refractivity contribution in [3.63, 3.8) is 0 Å². The Labute approximate surface area is 140 Å². The van der Waals surface area contributed by atoms with Gasteiger partial charge in [-0.15, -0.1) is 0 Å². The second-order valence-corrected chi connectivity index (χ2v) is 5.32. The third-order valence-electron chi connectivity index (χ3n) is 3.12. The lowest BCUT2D eigenvalue weighted by Crippen LogP contribution is -2.34. The first-order valence-electron chi connectivity index (χ1n) is 7.07. The summed E-state index contributed by atoms with van der Waals surface area (Å²) in [5.74, 6) is 0.534. The summed E-state index contributed by atoms with van der Waals surface area (Å²) in [6.07, 6.45) is 1.56. The number of hydrazone groups is 1. The largest absolute Gasteiger partial charge is 0.497 e. The molecule has 23 heavy (non-hydrogen) atoms. The number of hydrogen-bond acceptors (Lipinski definition) is 4. The molecule has 0 aliphatic carbocycles. The van der Waals surface area contributed by atoms with Crippen molar-refractivity contribution >= 4 is 29.4 Å². The number of nitrogens with one attached hydrogen (secondary N) is 2. The van der Waals surface area contributed by atoms with E-state index in [1.54, 1.807) is 32.4 Å². The number of methoxy groups -OCH3 is 1. The lowest BCUT2D eigenvalue weighted by Gasteiger charge is -2.13. The number of halogens is 1. The van der Waals surface area contributed by atoms with Crippen molar-refractivity contribution in [3.05, 3.63) is 59.1 Å². The second-order valence-electron chi connectivity index (χ2n) is 4.88. The summed E-state index contributed by atoms with van der Waals surface area (Å²) in [4.78, 5) is 12.0. The van der Waals surface area contributed by atoms with Crippen LogP contribution in [-0.2, 0) is 4.79 Å². The highest BCUT2D eigenvalue weighted by atomic mass is 35.5. The van der Waals surface area contributed by atoms with Gasteiger partial charge in [0.2, 0.25) is 0 Å². The molecule has 0 heterocycles. The Balaban J connectivity index is 1.85. The molecule has 1 atom stereocenters. The topological polar surface area (TPSA) is 62.7 Å². The lowest BCUT2D eigenvalue weighted by molar-refractivity contribution is -0.121. The molecule has 0 aliphatic heterocycles. The molecular formula is C17H18ClN3O2. The van der Waals surface area contributed by atoms with Crippen molar-refractivity contribution in [3.8, 4) is 5.75 Å².